The minimum absolute atomic E-state index is 0. The number of unbranched alkanes of at least 4 members (excludes halogenated alkanes) is 2. The predicted octanol–water partition coefficient (Wildman–Crippen LogP) is 7.46. The van der Waals surface area contributed by atoms with E-state index in [9.17, 15) is 0 Å². The summed E-state index contributed by atoms with van der Waals surface area (Å²) in [6, 6.07) is 23.4. The summed E-state index contributed by atoms with van der Waals surface area (Å²) in [4.78, 5) is 0. The van der Waals surface area contributed by atoms with Gasteiger partial charge in [-0.3, -0.25) is 0 Å². The van der Waals surface area contributed by atoms with Gasteiger partial charge in [0.15, 0.2) is 0 Å². The maximum Gasteiger partial charge on any atom is 0 e. The van der Waals surface area contributed by atoms with Gasteiger partial charge in [-0.05, 0) is 5.56 Å². The molecule has 0 unspecified atom stereocenters. The molecule has 0 radical (unpaired) electrons. The predicted molar refractivity (Wildman–Crippen MR) is 106 cm³/mol. The maximum atomic E-state index is 3.60. The van der Waals surface area contributed by atoms with Gasteiger partial charge in [0.05, 0.1) is 0 Å². The number of hydrogen-bond acceptors (Lipinski definition) is 0. The van der Waals surface area contributed by atoms with E-state index in [0.717, 1.165) is 12.8 Å². The second-order valence-electron chi connectivity index (χ2n) is 5.41. The smallest absolute Gasteiger partial charge is 0 e. The Morgan fingerprint density at radius 2 is 1.38 bits per heavy atom. The van der Waals surface area contributed by atoms with Crippen molar-refractivity contribution in [2.75, 3.05) is 0 Å². The van der Waals surface area contributed by atoms with Crippen molar-refractivity contribution in [1.29, 1.82) is 0 Å². The van der Waals surface area contributed by atoms with Crippen LogP contribution < -0.4 is 0 Å². The molecule has 0 fully saturated rings. The molecule has 0 aliphatic rings. The molecule has 24 heavy (non-hydrogen) atoms. The molecule has 128 valence electrons. The Morgan fingerprint density at radius 1 is 0.792 bits per heavy atom. The molecular formula is C23H29Hf-3. The van der Waals surface area contributed by atoms with Crippen LogP contribution >= 0.6 is 0 Å². The zero-order chi connectivity index (χ0) is 16.9. The summed E-state index contributed by atoms with van der Waals surface area (Å²) in [6.07, 6.45) is 4.56. The average molecular weight is 484 g/mol. The van der Waals surface area contributed by atoms with Gasteiger partial charge in [-0.15, -0.1) is 29.0 Å². The largest absolute Gasteiger partial charge is 0.343 e. The van der Waals surface area contributed by atoms with Crippen molar-refractivity contribution in [3.05, 3.63) is 80.6 Å². The van der Waals surface area contributed by atoms with Crippen molar-refractivity contribution in [2.24, 2.45) is 0 Å². The third-order valence-electron chi connectivity index (χ3n) is 3.47. The van der Waals surface area contributed by atoms with E-state index in [0.29, 0.717) is 0 Å². The van der Waals surface area contributed by atoms with Gasteiger partial charge in [-0.1, -0.05) is 68.7 Å². The van der Waals surface area contributed by atoms with E-state index in [4.69, 9.17) is 0 Å². The summed E-state index contributed by atoms with van der Waals surface area (Å²) < 4.78 is 0. The van der Waals surface area contributed by atoms with Crippen LogP contribution in [0.2, 0.25) is 0 Å². The van der Waals surface area contributed by atoms with Gasteiger partial charge in [0.1, 0.15) is 0 Å². The fourth-order valence-corrected chi connectivity index (χ4v) is 2.03. The molecular weight excluding hydrogens is 455 g/mol. The SMILES string of the molecule is [CH2-]CCC.[CH2-]CCC.[Hf].c1ccc(-c2cccc3[cH-]ccc23)cc1. The quantitative estimate of drug-likeness (QED) is 0.268. The van der Waals surface area contributed by atoms with Gasteiger partial charge < -0.3 is 13.8 Å². The molecule has 0 saturated heterocycles. The van der Waals surface area contributed by atoms with Crippen LogP contribution in [-0.2, 0) is 25.8 Å². The molecule has 3 aromatic rings. The summed E-state index contributed by atoms with van der Waals surface area (Å²) in [5.41, 5.74) is 2.60. The molecule has 0 amide bonds. The molecule has 1 heteroatoms. The number of benzene rings is 2. The topological polar surface area (TPSA) is 0 Å². The molecule has 3 aromatic carbocycles. The summed E-state index contributed by atoms with van der Waals surface area (Å²) >= 11 is 0. The van der Waals surface area contributed by atoms with Crippen LogP contribution in [0.3, 0.4) is 0 Å². The average Bonchev–Trinajstić information content (AvgIpc) is 3.11. The molecule has 0 saturated carbocycles. The Morgan fingerprint density at radius 3 is 1.92 bits per heavy atom. The van der Waals surface area contributed by atoms with E-state index in [-0.39, 0.29) is 25.8 Å². The summed E-state index contributed by atoms with van der Waals surface area (Å²) in [5.74, 6) is 0. The third kappa shape index (κ3) is 7.66. The molecule has 0 spiro atoms. The molecule has 3 rings (SSSR count). The first-order chi connectivity index (χ1) is 11.3. The van der Waals surface area contributed by atoms with Crippen LogP contribution in [0.4, 0.5) is 0 Å². The molecule has 0 N–H and O–H groups in total. The minimum atomic E-state index is 0. The maximum absolute atomic E-state index is 3.60. The van der Waals surface area contributed by atoms with Crippen LogP contribution in [0, 0.1) is 13.8 Å². The first-order valence-corrected chi connectivity index (χ1v) is 8.56. The Hall–Kier alpha value is -1.08. The fraction of sp³-hybridized carbons (Fsp3) is 0.261. The van der Waals surface area contributed by atoms with E-state index in [1.54, 1.807) is 0 Å². The molecule has 0 nitrogen and oxygen atoms in total. The third-order valence-corrected chi connectivity index (χ3v) is 3.47. The van der Waals surface area contributed by atoms with Gasteiger partial charge in [0.2, 0.25) is 0 Å². The van der Waals surface area contributed by atoms with Crippen molar-refractivity contribution in [1.82, 2.24) is 0 Å². The molecule has 0 aliphatic heterocycles. The van der Waals surface area contributed by atoms with Crippen LogP contribution in [0.15, 0.2) is 66.7 Å². The van der Waals surface area contributed by atoms with Gasteiger partial charge in [-0.2, -0.15) is 25.0 Å². The van der Waals surface area contributed by atoms with Crippen molar-refractivity contribution in [2.45, 2.75) is 39.5 Å². The van der Waals surface area contributed by atoms with E-state index in [1.165, 1.54) is 34.7 Å². The van der Waals surface area contributed by atoms with Crippen molar-refractivity contribution in [3.63, 3.8) is 0 Å². The zero-order valence-corrected chi connectivity index (χ0v) is 18.7. The normalized spacial score (nSPS) is 9.17. The first-order valence-electron chi connectivity index (χ1n) is 8.56. The monoisotopic (exact) mass is 485 g/mol. The Kier molecular flexibility index (Phi) is 13.6. The van der Waals surface area contributed by atoms with E-state index < -0.39 is 0 Å². The first kappa shape index (κ1) is 22.9. The molecule has 0 aliphatic carbocycles. The van der Waals surface area contributed by atoms with E-state index in [2.05, 4.69) is 94.4 Å². The Bertz CT molecular complexity index is 629. The van der Waals surface area contributed by atoms with Gasteiger partial charge in [-0.25, -0.2) is 0 Å². The van der Waals surface area contributed by atoms with Crippen molar-refractivity contribution < 1.29 is 25.8 Å². The molecule has 0 heterocycles. The summed E-state index contributed by atoms with van der Waals surface area (Å²) in [6.45, 7) is 11.4. The van der Waals surface area contributed by atoms with Gasteiger partial charge in [0, 0.05) is 25.8 Å². The van der Waals surface area contributed by atoms with Crippen molar-refractivity contribution >= 4 is 10.8 Å². The minimum Gasteiger partial charge on any atom is -0.343 e. The van der Waals surface area contributed by atoms with E-state index >= 15 is 0 Å². The second kappa shape index (κ2) is 14.3. The molecule has 0 aromatic heterocycles. The molecule has 0 bridgehead atoms. The number of fused-ring (bicyclic) bond motifs is 1. The molecule has 0 atom stereocenters. The second-order valence-corrected chi connectivity index (χ2v) is 5.41. The Labute approximate surface area is 167 Å². The fourth-order valence-electron chi connectivity index (χ4n) is 2.03. The summed E-state index contributed by atoms with van der Waals surface area (Å²) in [7, 11) is 0. The van der Waals surface area contributed by atoms with Gasteiger partial charge >= 0.3 is 0 Å². The number of hydrogen-bond donors (Lipinski definition) is 0. The Balaban J connectivity index is 0.000000503. The summed E-state index contributed by atoms with van der Waals surface area (Å²) in [5, 5.41) is 2.65. The van der Waals surface area contributed by atoms with Gasteiger partial charge in [0.25, 0.3) is 0 Å². The standard InChI is InChI=1S/C15H11.2C4H9.Hf/c1-2-6-12(7-3-1)14-10-4-8-13-9-5-11-15(13)14;2*1-3-4-2;/h1-11H;2*1,3-4H2,2H3;/q3*-1;. The van der Waals surface area contributed by atoms with Crippen LogP contribution in [0.1, 0.15) is 39.5 Å². The van der Waals surface area contributed by atoms with Crippen LogP contribution in [-0.4, -0.2) is 0 Å². The van der Waals surface area contributed by atoms with E-state index in [1.807, 2.05) is 0 Å². The van der Waals surface area contributed by atoms with Crippen molar-refractivity contribution in [3.8, 4) is 11.1 Å². The van der Waals surface area contributed by atoms with Crippen LogP contribution in [0.5, 0.6) is 0 Å². The number of rotatable bonds is 3. The zero-order valence-electron chi connectivity index (χ0n) is 15.1. The van der Waals surface area contributed by atoms with Crippen LogP contribution in [0.25, 0.3) is 21.9 Å².